The van der Waals surface area contributed by atoms with Crippen LogP contribution in [0.25, 0.3) is 22.6 Å². The van der Waals surface area contributed by atoms with E-state index < -0.39 is 5.91 Å². The summed E-state index contributed by atoms with van der Waals surface area (Å²) in [5, 5.41) is 2.00. The molecule has 0 radical (unpaired) electrons. The molecule has 0 saturated carbocycles. The van der Waals surface area contributed by atoms with Crippen molar-refractivity contribution in [3.05, 3.63) is 76.5 Å². The molecule has 21 heavy (non-hydrogen) atoms. The fourth-order valence-electron chi connectivity index (χ4n) is 1.96. The molecule has 0 aliphatic heterocycles. The first-order valence-electron chi connectivity index (χ1n) is 6.45. The normalized spacial score (nSPS) is 12.0. The Morgan fingerprint density at radius 1 is 0.952 bits per heavy atom. The number of rotatable bonds is 3. The molecular formula is C17H12ClPS2. The van der Waals surface area contributed by atoms with Crippen LogP contribution in [0.2, 0.25) is 5.02 Å². The lowest BCUT2D eigenvalue weighted by Crippen LogP contribution is -1.71. The van der Waals surface area contributed by atoms with Crippen LogP contribution in [0.3, 0.4) is 0 Å². The van der Waals surface area contributed by atoms with E-state index in [4.69, 9.17) is 23.8 Å². The molecule has 0 amide bonds. The topological polar surface area (TPSA) is 0 Å². The van der Waals surface area contributed by atoms with Gasteiger partial charge < -0.3 is 12.2 Å². The average molecular weight is 347 g/mol. The van der Waals surface area contributed by atoms with Crippen molar-refractivity contribution in [2.75, 3.05) is 0 Å². The van der Waals surface area contributed by atoms with Crippen LogP contribution in [0.15, 0.2) is 60.7 Å². The Morgan fingerprint density at radius 3 is 2.38 bits per heavy atom. The zero-order valence-electron chi connectivity index (χ0n) is 11.1. The van der Waals surface area contributed by atoms with Gasteiger partial charge in [0.1, 0.15) is 5.30 Å². The Bertz CT molecular complexity index is 761. The van der Waals surface area contributed by atoms with Crippen molar-refractivity contribution in [2.45, 2.75) is 0 Å². The first-order chi connectivity index (χ1) is 10.2. The summed E-state index contributed by atoms with van der Waals surface area (Å²) in [6.45, 7) is 0. The van der Waals surface area contributed by atoms with Gasteiger partial charge in [0, 0.05) is 22.0 Å². The zero-order valence-corrected chi connectivity index (χ0v) is 14.4. The van der Waals surface area contributed by atoms with E-state index in [9.17, 15) is 0 Å². The summed E-state index contributed by atoms with van der Waals surface area (Å²) >= 11 is 11.5. The minimum atomic E-state index is -0.591. The molecule has 4 heteroatoms. The fraction of sp³-hybridized carbons (Fsp3) is 0. The SMILES string of the molecule is [S-][p+]1sc(-c2ccc(Cl)cc2)cc1/C=C/c1ccccc1. The summed E-state index contributed by atoms with van der Waals surface area (Å²) in [4.78, 5) is 1.24. The largest absolute Gasteiger partial charge is 0.473 e. The van der Waals surface area contributed by atoms with Gasteiger partial charge >= 0.3 is 0 Å². The Hall–Kier alpha value is -1.05. The summed E-state index contributed by atoms with van der Waals surface area (Å²) in [6, 6.07) is 20.4. The summed E-state index contributed by atoms with van der Waals surface area (Å²) in [5.74, 6) is -0.591. The van der Waals surface area contributed by atoms with Gasteiger partial charge in [-0.3, -0.25) is 0 Å². The Labute approximate surface area is 139 Å². The van der Waals surface area contributed by atoms with E-state index in [-0.39, 0.29) is 0 Å². The highest BCUT2D eigenvalue weighted by Gasteiger charge is 2.10. The molecule has 3 rings (SSSR count). The van der Waals surface area contributed by atoms with Crippen LogP contribution < -0.4 is 0 Å². The van der Waals surface area contributed by atoms with Crippen molar-refractivity contribution in [3.8, 4) is 10.4 Å². The van der Waals surface area contributed by atoms with E-state index in [1.54, 1.807) is 10.9 Å². The molecule has 1 atom stereocenters. The Kier molecular flexibility index (Phi) is 4.82. The molecule has 0 saturated heterocycles. The molecule has 0 spiro atoms. The van der Waals surface area contributed by atoms with Gasteiger partial charge in [0.2, 0.25) is 0 Å². The molecule has 1 heterocycles. The Balaban J connectivity index is 1.88. The molecule has 0 nitrogen and oxygen atoms in total. The van der Waals surface area contributed by atoms with Crippen molar-refractivity contribution in [2.24, 2.45) is 0 Å². The van der Waals surface area contributed by atoms with Crippen LogP contribution in [-0.4, -0.2) is 0 Å². The van der Waals surface area contributed by atoms with Crippen LogP contribution >= 0.6 is 28.5 Å². The highest BCUT2D eigenvalue weighted by atomic mass is 35.5. The minimum Gasteiger partial charge on any atom is -0.473 e. The predicted molar refractivity (Wildman–Crippen MR) is 100 cm³/mol. The van der Waals surface area contributed by atoms with Gasteiger partial charge in [-0.05, 0) is 29.3 Å². The Morgan fingerprint density at radius 2 is 1.67 bits per heavy atom. The number of hydrogen-bond acceptors (Lipinski definition) is 2. The molecule has 0 N–H and O–H groups in total. The monoisotopic (exact) mass is 346 g/mol. The van der Waals surface area contributed by atoms with Gasteiger partial charge in [-0.25, -0.2) is 0 Å². The lowest BCUT2D eigenvalue weighted by atomic mass is 10.2. The van der Waals surface area contributed by atoms with E-state index in [0.29, 0.717) is 0 Å². The van der Waals surface area contributed by atoms with Crippen LogP contribution in [0, 0.1) is 0 Å². The maximum Gasteiger partial charge on any atom is 0.139 e. The number of halogens is 1. The molecule has 0 aliphatic rings. The molecule has 1 unspecified atom stereocenters. The standard InChI is InChI=1S/C17H12ClPS2/c18-15-9-7-14(8-10-15)17-12-16(19(20)21-17)11-6-13-4-2-1-3-5-13/h1-12H/b11-6+. The van der Waals surface area contributed by atoms with Crippen molar-refractivity contribution in [1.29, 1.82) is 0 Å². The number of benzene rings is 2. The summed E-state index contributed by atoms with van der Waals surface area (Å²) in [5.41, 5.74) is 2.38. The zero-order chi connectivity index (χ0) is 14.7. The van der Waals surface area contributed by atoms with Gasteiger partial charge in [-0.15, -0.1) is 0 Å². The van der Waals surface area contributed by atoms with E-state index >= 15 is 0 Å². The summed E-state index contributed by atoms with van der Waals surface area (Å²) in [7, 11) is 1.78. The third kappa shape index (κ3) is 3.78. The van der Waals surface area contributed by atoms with E-state index in [1.807, 2.05) is 42.5 Å². The highest BCUT2D eigenvalue weighted by molar-refractivity contribution is 8.43. The maximum atomic E-state index is 5.93. The molecule has 2 aromatic carbocycles. The van der Waals surface area contributed by atoms with Crippen LogP contribution in [0.1, 0.15) is 10.9 Å². The molecule has 104 valence electrons. The van der Waals surface area contributed by atoms with Gasteiger partial charge in [0.05, 0.1) is 10.8 Å². The highest BCUT2D eigenvalue weighted by Crippen LogP contribution is 2.45. The fourth-order valence-corrected chi connectivity index (χ4v) is 6.04. The third-order valence-electron chi connectivity index (χ3n) is 3.05. The van der Waals surface area contributed by atoms with Gasteiger partial charge in [-0.2, -0.15) is 0 Å². The van der Waals surface area contributed by atoms with Crippen LogP contribution in [-0.2, 0) is 12.2 Å². The predicted octanol–water partition coefficient (Wildman–Crippen LogP) is 6.82. The molecule has 1 aromatic heterocycles. The molecule has 0 aliphatic carbocycles. The maximum absolute atomic E-state index is 5.93. The molecule has 0 bridgehead atoms. The molecule has 0 fully saturated rings. The van der Waals surface area contributed by atoms with E-state index in [0.717, 1.165) is 5.02 Å². The van der Waals surface area contributed by atoms with E-state index in [2.05, 4.69) is 30.4 Å². The lowest BCUT2D eigenvalue weighted by molar-refractivity contribution is 1.67. The first-order valence-corrected chi connectivity index (χ1v) is 10.6. The first kappa shape index (κ1) is 14.9. The van der Waals surface area contributed by atoms with Crippen LogP contribution in [0.4, 0.5) is 0 Å². The second kappa shape index (κ2) is 6.81. The smallest absolute Gasteiger partial charge is 0.139 e. The average Bonchev–Trinajstić information content (AvgIpc) is 2.88. The van der Waals surface area contributed by atoms with Crippen molar-refractivity contribution in [1.82, 2.24) is 0 Å². The number of hydrogen-bond donors (Lipinski definition) is 0. The minimum absolute atomic E-state index is 0.591. The van der Waals surface area contributed by atoms with Crippen molar-refractivity contribution in [3.63, 3.8) is 0 Å². The van der Waals surface area contributed by atoms with Crippen molar-refractivity contribution >= 4 is 52.9 Å². The van der Waals surface area contributed by atoms with Crippen LogP contribution in [0.5, 0.6) is 0 Å². The summed E-state index contributed by atoms with van der Waals surface area (Å²) in [6.07, 6.45) is 4.27. The second-order valence-corrected chi connectivity index (χ2v) is 10.1. The summed E-state index contributed by atoms with van der Waals surface area (Å²) < 4.78 is 0. The van der Waals surface area contributed by atoms with E-state index in [1.165, 1.54) is 21.3 Å². The molecular weight excluding hydrogens is 335 g/mol. The molecule has 3 aromatic rings. The van der Waals surface area contributed by atoms with Gasteiger partial charge in [-0.1, -0.05) is 60.1 Å². The van der Waals surface area contributed by atoms with Gasteiger partial charge in [0.25, 0.3) is 0 Å². The lowest BCUT2D eigenvalue weighted by Gasteiger charge is -1.94. The quantitative estimate of drug-likeness (QED) is 0.469. The second-order valence-electron chi connectivity index (χ2n) is 4.53. The van der Waals surface area contributed by atoms with Gasteiger partial charge in [0.15, 0.2) is 0 Å². The third-order valence-corrected chi connectivity index (χ3v) is 7.74. The van der Waals surface area contributed by atoms with Crippen molar-refractivity contribution < 1.29 is 0 Å².